The molecule has 0 fully saturated rings. The Morgan fingerprint density at radius 2 is 2.22 bits per heavy atom. The van der Waals surface area contributed by atoms with E-state index < -0.39 is 0 Å². The quantitative estimate of drug-likeness (QED) is 0.910. The minimum atomic E-state index is -0.314. The van der Waals surface area contributed by atoms with Crippen LogP contribution in [0.1, 0.15) is 22.3 Å². The van der Waals surface area contributed by atoms with Gasteiger partial charge in [0.05, 0.1) is 0 Å². The maximum Gasteiger partial charge on any atom is 0.272 e. The number of nitrogens with one attached hydrogen (secondary N) is 1. The number of carbonyl (C=O) groups is 1. The number of carbonyl (C=O) groups excluding carboxylic acids is 1. The van der Waals surface area contributed by atoms with Gasteiger partial charge in [0.2, 0.25) is 0 Å². The molecular weight excluding hydrogens is 248 g/mol. The van der Waals surface area contributed by atoms with Gasteiger partial charge in [-0.1, -0.05) is 0 Å². The van der Waals surface area contributed by atoms with Crippen LogP contribution in [0.15, 0.2) is 24.5 Å². The van der Waals surface area contributed by atoms with Crippen LogP contribution >= 0.6 is 11.3 Å². The van der Waals surface area contributed by atoms with Gasteiger partial charge in [-0.2, -0.15) is 5.26 Å². The van der Waals surface area contributed by atoms with Gasteiger partial charge in [0, 0.05) is 24.5 Å². The van der Waals surface area contributed by atoms with Gasteiger partial charge in [0.25, 0.3) is 5.91 Å². The van der Waals surface area contributed by atoms with Crippen molar-refractivity contribution in [3.8, 4) is 16.6 Å². The molecule has 0 spiro atoms. The molecule has 1 N–H and O–H groups in total. The summed E-state index contributed by atoms with van der Waals surface area (Å²) in [6.07, 6.45) is 3.29. The SMILES string of the molecule is CCNC(=O)c1nc(-c2ccncc2)sc1C#N. The Kier molecular flexibility index (Phi) is 3.65. The van der Waals surface area contributed by atoms with E-state index in [-0.39, 0.29) is 11.6 Å². The summed E-state index contributed by atoms with van der Waals surface area (Å²) >= 11 is 1.21. The zero-order chi connectivity index (χ0) is 13.0. The summed E-state index contributed by atoms with van der Waals surface area (Å²) in [5.74, 6) is -0.314. The average Bonchev–Trinajstić information content (AvgIpc) is 2.84. The molecule has 2 aromatic rings. The summed E-state index contributed by atoms with van der Waals surface area (Å²) in [6, 6.07) is 5.59. The van der Waals surface area contributed by atoms with Crippen molar-refractivity contribution in [1.82, 2.24) is 15.3 Å². The second-order valence-corrected chi connectivity index (χ2v) is 4.40. The van der Waals surface area contributed by atoms with Crippen LogP contribution in [0.4, 0.5) is 0 Å². The first-order valence-corrected chi connectivity index (χ1v) is 6.17. The second-order valence-electron chi connectivity index (χ2n) is 3.40. The molecule has 2 aromatic heterocycles. The number of thiazole rings is 1. The Bertz CT molecular complexity index is 600. The van der Waals surface area contributed by atoms with Crippen molar-refractivity contribution in [2.24, 2.45) is 0 Å². The van der Waals surface area contributed by atoms with Crippen LogP contribution in [0.5, 0.6) is 0 Å². The Morgan fingerprint density at radius 3 is 2.83 bits per heavy atom. The van der Waals surface area contributed by atoms with Crippen LogP contribution in [0.25, 0.3) is 10.6 Å². The third-order valence-corrected chi connectivity index (χ3v) is 3.22. The Morgan fingerprint density at radius 1 is 1.50 bits per heavy atom. The van der Waals surface area contributed by atoms with Crippen LogP contribution in [-0.2, 0) is 0 Å². The predicted octanol–water partition coefficient (Wildman–Crippen LogP) is 1.83. The standard InChI is InChI=1S/C12H10N4OS/c1-2-15-11(17)10-9(7-13)18-12(16-10)8-3-5-14-6-4-8/h3-6H,2H2,1H3,(H,15,17). The molecule has 0 atom stereocenters. The number of pyridine rings is 1. The summed E-state index contributed by atoms with van der Waals surface area (Å²) in [5.41, 5.74) is 1.04. The van der Waals surface area contributed by atoms with E-state index in [0.29, 0.717) is 16.4 Å². The number of nitriles is 1. The molecule has 18 heavy (non-hydrogen) atoms. The van der Waals surface area contributed by atoms with E-state index in [2.05, 4.69) is 15.3 Å². The van der Waals surface area contributed by atoms with Gasteiger partial charge < -0.3 is 5.32 Å². The molecule has 0 aliphatic rings. The van der Waals surface area contributed by atoms with E-state index in [0.717, 1.165) is 5.56 Å². The van der Waals surface area contributed by atoms with Gasteiger partial charge in [0.15, 0.2) is 5.69 Å². The van der Waals surface area contributed by atoms with Crippen molar-refractivity contribution in [3.63, 3.8) is 0 Å². The van der Waals surface area contributed by atoms with E-state index in [1.165, 1.54) is 11.3 Å². The number of amides is 1. The number of hydrogen-bond acceptors (Lipinski definition) is 5. The third kappa shape index (κ3) is 2.36. The van der Waals surface area contributed by atoms with Crippen molar-refractivity contribution < 1.29 is 4.79 Å². The van der Waals surface area contributed by atoms with Crippen molar-refractivity contribution >= 4 is 17.2 Å². The fourth-order valence-electron chi connectivity index (χ4n) is 1.41. The van der Waals surface area contributed by atoms with Crippen molar-refractivity contribution in [2.45, 2.75) is 6.92 Å². The summed E-state index contributed by atoms with van der Waals surface area (Å²) in [6.45, 7) is 2.33. The Labute approximate surface area is 108 Å². The lowest BCUT2D eigenvalue weighted by molar-refractivity contribution is 0.0951. The topological polar surface area (TPSA) is 78.7 Å². The summed E-state index contributed by atoms with van der Waals surface area (Å²) in [7, 11) is 0. The summed E-state index contributed by atoms with van der Waals surface area (Å²) in [4.78, 5) is 20.2. The number of hydrogen-bond donors (Lipinski definition) is 1. The number of rotatable bonds is 3. The van der Waals surface area contributed by atoms with E-state index in [1.54, 1.807) is 24.5 Å². The fourth-order valence-corrected chi connectivity index (χ4v) is 2.28. The van der Waals surface area contributed by atoms with Crippen LogP contribution < -0.4 is 5.32 Å². The molecule has 2 rings (SSSR count). The summed E-state index contributed by atoms with van der Waals surface area (Å²) in [5, 5.41) is 12.3. The molecule has 0 saturated heterocycles. The largest absolute Gasteiger partial charge is 0.351 e. The normalized spacial score (nSPS) is 9.78. The highest BCUT2D eigenvalue weighted by atomic mass is 32.1. The lowest BCUT2D eigenvalue weighted by Crippen LogP contribution is -2.23. The Hall–Kier alpha value is -2.26. The van der Waals surface area contributed by atoms with E-state index >= 15 is 0 Å². The van der Waals surface area contributed by atoms with E-state index in [1.807, 2.05) is 13.0 Å². The molecule has 2 heterocycles. The highest BCUT2D eigenvalue weighted by Crippen LogP contribution is 2.27. The maximum atomic E-state index is 11.7. The van der Waals surface area contributed by atoms with Crippen LogP contribution in [0.2, 0.25) is 0 Å². The first kappa shape index (κ1) is 12.2. The van der Waals surface area contributed by atoms with Gasteiger partial charge in [0.1, 0.15) is 16.0 Å². The molecule has 0 saturated carbocycles. The zero-order valence-corrected chi connectivity index (χ0v) is 10.5. The smallest absolute Gasteiger partial charge is 0.272 e. The highest BCUT2D eigenvalue weighted by molar-refractivity contribution is 7.15. The molecule has 6 heteroatoms. The van der Waals surface area contributed by atoms with Crippen LogP contribution in [0.3, 0.4) is 0 Å². The van der Waals surface area contributed by atoms with Crippen LogP contribution in [0, 0.1) is 11.3 Å². The minimum absolute atomic E-state index is 0.191. The maximum absolute atomic E-state index is 11.7. The van der Waals surface area contributed by atoms with Gasteiger partial charge in [-0.3, -0.25) is 9.78 Å². The van der Waals surface area contributed by atoms with Crippen molar-refractivity contribution in [2.75, 3.05) is 6.54 Å². The minimum Gasteiger partial charge on any atom is -0.351 e. The van der Waals surface area contributed by atoms with E-state index in [9.17, 15) is 4.79 Å². The molecule has 5 nitrogen and oxygen atoms in total. The fraction of sp³-hybridized carbons (Fsp3) is 0.167. The lowest BCUT2D eigenvalue weighted by atomic mass is 10.3. The molecule has 0 aliphatic carbocycles. The molecule has 1 amide bonds. The second kappa shape index (κ2) is 5.38. The number of aromatic nitrogens is 2. The van der Waals surface area contributed by atoms with Crippen LogP contribution in [-0.4, -0.2) is 22.4 Å². The molecule has 0 radical (unpaired) electrons. The zero-order valence-electron chi connectivity index (χ0n) is 9.67. The molecule has 0 aromatic carbocycles. The van der Waals surface area contributed by atoms with Gasteiger partial charge >= 0.3 is 0 Å². The first-order chi connectivity index (χ1) is 8.76. The Balaban J connectivity index is 2.42. The van der Waals surface area contributed by atoms with Crippen molar-refractivity contribution in [1.29, 1.82) is 5.26 Å². The van der Waals surface area contributed by atoms with Gasteiger partial charge in [-0.25, -0.2) is 4.98 Å². The number of nitrogens with zero attached hydrogens (tertiary/aromatic N) is 3. The molecule has 90 valence electrons. The third-order valence-electron chi connectivity index (χ3n) is 2.21. The first-order valence-electron chi connectivity index (χ1n) is 5.35. The molecule has 0 unspecified atom stereocenters. The predicted molar refractivity (Wildman–Crippen MR) is 68.1 cm³/mol. The molecular formula is C12H10N4OS. The molecule has 0 aliphatic heterocycles. The average molecular weight is 258 g/mol. The van der Waals surface area contributed by atoms with E-state index in [4.69, 9.17) is 5.26 Å². The monoisotopic (exact) mass is 258 g/mol. The lowest BCUT2D eigenvalue weighted by Gasteiger charge is -1.97. The highest BCUT2D eigenvalue weighted by Gasteiger charge is 2.18. The van der Waals surface area contributed by atoms with Crippen molar-refractivity contribution in [3.05, 3.63) is 35.1 Å². The summed E-state index contributed by atoms with van der Waals surface area (Å²) < 4.78 is 0. The molecule has 0 bridgehead atoms. The van der Waals surface area contributed by atoms with Gasteiger partial charge in [-0.05, 0) is 19.1 Å². The van der Waals surface area contributed by atoms with Gasteiger partial charge in [-0.15, -0.1) is 11.3 Å².